The van der Waals surface area contributed by atoms with Crippen molar-refractivity contribution < 1.29 is 9.26 Å². The molecule has 2 N–H and O–H groups in total. The van der Waals surface area contributed by atoms with Crippen LogP contribution >= 0.6 is 11.6 Å². The van der Waals surface area contributed by atoms with Crippen molar-refractivity contribution in [2.45, 2.75) is 0 Å². The van der Waals surface area contributed by atoms with Gasteiger partial charge in [-0.15, -0.1) is 0 Å². The van der Waals surface area contributed by atoms with E-state index in [2.05, 4.69) is 15.1 Å². The summed E-state index contributed by atoms with van der Waals surface area (Å²) in [7, 11) is 1.55. The normalized spacial score (nSPS) is 10.6. The van der Waals surface area contributed by atoms with Gasteiger partial charge in [0.25, 0.3) is 5.89 Å². The lowest BCUT2D eigenvalue weighted by molar-refractivity contribution is 0.413. The number of aromatic nitrogens is 3. The first kappa shape index (κ1) is 13.4. The predicted molar refractivity (Wildman–Crippen MR) is 78.9 cm³/mol. The molecule has 6 nitrogen and oxygen atoms in total. The highest BCUT2D eigenvalue weighted by Crippen LogP contribution is 2.31. The van der Waals surface area contributed by atoms with Crippen molar-refractivity contribution in [1.82, 2.24) is 15.1 Å². The molecular formula is C14H11ClN4O2. The number of benzene rings is 1. The maximum absolute atomic E-state index is 5.94. The minimum absolute atomic E-state index is 0.335. The number of nitrogens with two attached hydrogens (primary N) is 1. The standard InChI is InChI=1S/C14H11ClN4O2/c1-20-12-5-9(15)2-3-11(12)13-18-14(21-19-13)8-4-10(16)7-17-6-8/h2-7H,16H2,1H3. The van der Waals surface area contributed by atoms with Crippen LogP contribution in [0.25, 0.3) is 22.8 Å². The highest BCUT2D eigenvalue weighted by atomic mass is 35.5. The Morgan fingerprint density at radius 3 is 2.86 bits per heavy atom. The summed E-state index contributed by atoms with van der Waals surface area (Å²) in [6.07, 6.45) is 3.15. The van der Waals surface area contributed by atoms with Crippen LogP contribution in [0.5, 0.6) is 5.75 Å². The Hall–Kier alpha value is -2.60. The van der Waals surface area contributed by atoms with Crippen LogP contribution in [-0.4, -0.2) is 22.2 Å². The minimum Gasteiger partial charge on any atom is -0.496 e. The molecule has 0 aliphatic rings. The molecule has 0 saturated carbocycles. The predicted octanol–water partition coefficient (Wildman–Crippen LogP) is 3.04. The molecule has 7 heteroatoms. The van der Waals surface area contributed by atoms with Crippen LogP contribution < -0.4 is 10.5 Å². The van der Waals surface area contributed by atoms with E-state index < -0.39 is 0 Å². The van der Waals surface area contributed by atoms with Gasteiger partial charge in [0.15, 0.2) is 0 Å². The number of rotatable bonds is 3. The van der Waals surface area contributed by atoms with E-state index in [1.54, 1.807) is 43.8 Å². The molecule has 3 rings (SSSR count). The van der Waals surface area contributed by atoms with Crippen LogP contribution in [0.4, 0.5) is 5.69 Å². The van der Waals surface area contributed by atoms with E-state index in [0.717, 1.165) is 0 Å². The number of hydrogen-bond donors (Lipinski definition) is 1. The fourth-order valence-corrected chi connectivity index (χ4v) is 2.04. The molecule has 106 valence electrons. The van der Waals surface area contributed by atoms with Crippen molar-refractivity contribution >= 4 is 17.3 Å². The van der Waals surface area contributed by atoms with Crippen LogP contribution in [0.2, 0.25) is 5.02 Å². The second kappa shape index (κ2) is 5.41. The summed E-state index contributed by atoms with van der Waals surface area (Å²) < 4.78 is 10.5. The largest absolute Gasteiger partial charge is 0.496 e. The fraction of sp³-hybridized carbons (Fsp3) is 0.0714. The summed E-state index contributed by atoms with van der Waals surface area (Å²) in [5, 5.41) is 4.52. The number of nitrogens with zero attached hydrogens (tertiary/aromatic N) is 3. The van der Waals surface area contributed by atoms with Gasteiger partial charge in [0.05, 0.1) is 23.9 Å². The van der Waals surface area contributed by atoms with Gasteiger partial charge in [-0.1, -0.05) is 16.8 Å². The summed E-state index contributed by atoms with van der Waals surface area (Å²) in [6.45, 7) is 0. The van der Waals surface area contributed by atoms with Crippen LogP contribution in [0.3, 0.4) is 0 Å². The molecule has 0 saturated heterocycles. The molecule has 0 bridgehead atoms. The van der Waals surface area contributed by atoms with Gasteiger partial charge < -0.3 is 15.0 Å². The van der Waals surface area contributed by atoms with Crippen LogP contribution in [0.15, 0.2) is 41.2 Å². The fourth-order valence-electron chi connectivity index (χ4n) is 1.87. The van der Waals surface area contributed by atoms with Crippen molar-refractivity contribution in [3.63, 3.8) is 0 Å². The maximum atomic E-state index is 5.94. The van der Waals surface area contributed by atoms with Gasteiger partial charge in [-0.2, -0.15) is 4.98 Å². The van der Waals surface area contributed by atoms with Gasteiger partial charge >= 0.3 is 0 Å². The first-order valence-corrected chi connectivity index (χ1v) is 6.43. The SMILES string of the molecule is COc1cc(Cl)ccc1-c1noc(-c2cncc(N)c2)n1. The van der Waals surface area contributed by atoms with Crippen LogP contribution in [0.1, 0.15) is 0 Å². The lowest BCUT2D eigenvalue weighted by atomic mass is 10.2. The molecular weight excluding hydrogens is 292 g/mol. The first-order chi connectivity index (χ1) is 10.2. The Labute approximate surface area is 125 Å². The Bertz CT molecular complexity index is 788. The third-order valence-corrected chi connectivity index (χ3v) is 3.07. The summed E-state index contributed by atoms with van der Waals surface area (Å²) in [6, 6.07) is 6.91. The molecule has 0 aliphatic heterocycles. The van der Waals surface area contributed by atoms with Crippen molar-refractivity contribution in [3.05, 3.63) is 41.7 Å². The molecule has 2 heterocycles. The molecule has 21 heavy (non-hydrogen) atoms. The van der Waals surface area contributed by atoms with Crippen molar-refractivity contribution in [3.8, 4) is 28.6 Å². The Morgan fingerprint density at radius 1 is 1.24 bits per heavy atom. The molecule has 1 aromatic carbocycles. The number of hydrogen-bond acceptors (Lipinski definition) is 6. The highest BCUT2D eigenvalue weighted by Gasteiger charge is 2.15. The van der Waals surface area contributed by atoms with Gasteiger partial charge in [-0.05, 0) is 24.3 Å². The van der Waals surface area contributed by atoms with Gasteiger partial charge in [0, 0.05) is 17.4 Å². The van der Waals surface area contributed by atoms with E-state index in [0.29, 0.717) is 39.3 Å². The second-order valence-corrected chi connectivity index (χ2v) is 4.71. The second-order valence-electron chi connectivity index (χ2n) is 4.27. The molecule has 0 spiro atoms. The highest BCUT2D eigenvalue weighted by molar-refractivity contribution is 6.30. The topological polar surface area (TPSA) is 87.1 Å². The van der Waals surface area contributed by atoms with Gasteiger partial charge in [0.2, 0.25) is 5.82 Å². The monoisotopic (exact) mass is 302 g/mol. The van der Waals surface area contributed by atoms with Crippen molar-refractivity contribution in [2.24, 2.45) is 0 Å². The number of ether oxygens (including phenoxy) is 1. The third kappa shape index (κ3) is 2.66. The average molecular weight is 303 g/mol. The number of pyridine rings is 1. The zero-order valence-corrected chi connectivity index (χ0v) is 11.8. The van der Waals surface area contributed by atoms with Gasteiger partial charge in [-0.3, -0.25) is 4.98 Å². The Morgan fingerprint density at radius 2 is 2.10 bits per heavy atom. The van der Waals surface area contributed by atoms with E-state index in [9.17, 15) is 0 Å². The van der Waals surface area contributed by atoms with E-state index >= 15 is 0 Å². The Kier molecular flexibility index (Phi) is 3.45. The molecule has 0 atom stereocenters. The summed E-state index contributed by atoms with van der Waals surface area (Å²) >= 11 is 5.94. The zero-order chi connectivity index (χ0) is 14.8. The average Bonchev–Trinajstić information content (AvgIpc) is 2.96. The lowest BCUT2D eigenvalue weighted by Gasteiger charge is -2.04. The molecule has 0 radical (unpaired) electrons. The van der Waals surface area contributed by atoms with Crippen molar-refractivity contribution in [2.75, 3.05) is 12.8 Å². The summed E-state index contributed by atoms with van der Waals surface area (Å²) in [4.78, 5) is 8.33. The smallest absolute Gasteiger partial charge is 0.259 e. The van der Waals surface area contributed by atoms with Crippen LogP contribution in [-0.2, 0) is 0 Å². The molecule has 0 aliphatic carbocycles. The third-order valence-electron chi connectivity index (χ3n) is 2.84. The number of methoxy groups -OCH3 is 1. The Balaban J connectivity index is 2.02. The molecule has 0 unspecified atom stereocenters. The van der Waals surface area contributed by atoms with Crippen molar-refractivity contribution in [1.29, 1.82) is 0 Å². The quantitative estimate of drug-likeness (QED) is 0.800. The van der Waals surface area contributed by atoms with E-state index in [4.69, 9.17) is 26.6 Å². The maximum Gasteiger partial charge on any atom is 0.259 e. The van der Waals surface area contributed by atoms with Gasteiger partial charge in [0.1, 0.15) is 5.75 Å². The lowest BCUT2D eigenvalue weighted by Crippen LogP contribution is -1.90. The first-order valence-electron chi connectivity index (χ1n) is 6.06. The summed E-state index contributed by atoms with van der Waals surface area (Å²) in [5.41, 5.74) is 7.56. The molecule has 2 aromatic heterocycles. The van der Waals surface area contributed by atoms with E-state index in [-0.39, 0.29) is 0 Å². The number of anilines is 1. The zero-order valence-electron chi connectivity index (χ0n) is 11.1. The molecule has 3 aromatic rings. The number of nitrogen functional groups attached to an aromatic ring is 1. The molecule has 0 fully saturated rings. The summed E-state index contributed by atoms with van der Waals surface area (Å²) in [5.74, 6) is 1.31. The molecule has 0 amide bonds. The van der Waals surface area contributed by atoms with E-state index in [1.807, 2.05) is 0 Å². The van der Waals surface area contributed by atoms with Gasteiger partial charge in [-0.25, -0.2) is 0 Å². The van der Waals surface area contributed by atoms with E-state index in [1.165, 1.54) is 0 Å². The number of halogens is 1. The van der Waals surface area contributed by atoms with Crippen LogP contribution in [0, 0.1) is 0 Å². The minimum atomic E-state index is 0.335.